The second kappa shape index (κ2) is 7.62. The number of hydrogen-bond donors (Lipinski definition) is 1. The van der Waals surface area contributed by atoms with E-state index in [9.17, 15) is 4.39 Å². The molecule has 1 saturated heterocycles. The lowest BCUT2D eigenvalue weighted by molar-refractivity contribution is -0.200. The van der Waals surface area contributed by atoms with Gasteiger partial charge in [-0.2, -0.15) is 0 Å². The van der Waals surface area contributed by atoms with Gasteiger partial charge in [-0.3, -0.25) is 0 Å². The molecule has 0 unspecified atom stereocenters. The normalized spacial score (nSPS) is 22.3. The second-order valence-corrected chi connectivity index (χ2v) is 6.50. The van der Waals surface area contributed by atoms with Crippen LogP contribution < -0.4 is 5.32 Å². The van der Waals surface area contributed by atoms with Crippen LogP contribution in [0.5, 0.6) is 0 Å². The highest BCUT2D eigenvalue weighted by atomic mass is 35.5. The monoisotopic (exact) mass is 349 g/mol. The third kappa shape index (κ3) is 4.14. The average molecular weight is 350 g/mol. The van der Waals surface area contributed by atoms with Gasteiger partial charge in [0.2, 0.25) is 0 Å². The molecule has 2 aromatic rings. The zero-order valence-electron chi connectivity index (χ0n) is 13.8. The van der Waals surface area contributed by atoms with Gasteiger partial charge in [0.05, 0.1) is 18.8 Å². The molecular formula is C19H21ClFNO2. The maximum absolute atomic E-state index is 13.2. The fraction of sp³-hybridized carbons (Fsp3) is 0.368. The Morgan fingerprint density at radius 1 is 1.25 bits per heavy atom. The number of benzene rings is 2. The van der Waals surface area contributed by atoms with Crippen molar-refractivity contribution >= 4 is 11.6 Å². The minimum Gasteiger partial charge on any atom is -0.349 e. The summed E-state index contributed by atoms with van der Waals surface area (Å²) in [6.07, 6.45) is -0.617. The van der Waals surface area contributed by atoms with Crippen LogP contribution in [0.3, 0.4) is 0 Å². The van der Waals surface area contributed by atoms with Crippen LogP contribution in [0, 0.1) is 12.7 Å². The fourth-order valence-electron chi connectivity index (χ4n) is 2.92. The lowest BCUT2D eigenvalue weighted by Gasteiger charge is -2.34. The number of morpholine rings is 1. The van der Waals surface area contributed by atoms with Crippen LogP contribution in [0.25, 0.3) is 0 Å². The van der Waals surface area contributed by atoms with Gasteiger partial charge in [0.25, 0.3) is 0 Å². The molecule has 0 amide bonds. The van der Waals surface area contributed by atoms with E-state index in [4.69, 9.17) is 21.1 Å². The van der Waals surface area contributed by atoms with Crippen LogP contribution >= 0.6 is 11.6 Å². The Hall–Kier alpha value is -1.46. The highest BCUT2D eigenvalue weighted by Crippen LogP contribution is 2.29. The van der Waals surface area contributed by atoms with Gasteiger partial charge in [0.15, 0.2) is 6.29 Å². The van der Waals surface area contributed by atoms with E-state index < -0.39 is 6.29 Å². The molecule has 128 valence electrons. The molecule has 0 radical (unpaired) electrons. The van der Waals surface area contributed by atoms with Gasteiger partial charge < -0.3 is 14.8 Å². The Morgan fingerprint density at radius 2 is 2.00 bits per heavy atom. The highest BCUT2D eigenvalue weighted by molar-refractivity contribution is 6.30. The summed E-state index contributed by atoms with van der Waals surface area (Å²) in [7, 11) is 0. The van der Waals surface area contributed by atoms with Crippen LogP contribution in [0.2, 0.25) is 5.02 Å². The van der Waals surface area contributed by atoms with E-state index in [-0.39, 0.29) is 18.0 Å². The molecule has 0 bridgehead atoms. The summed E-state index contributed by atoms with van der Waals surface area (Å²) in [5.74, 6) is -0.254. The van der Waals surface area contributed by atoms with Gasteiger partial charge >= 0.3 is 0 Å². The van der Waals surface area contributed by atoms with Gasteiger partial charge in [-0.1, -0.05) is 29.8 Å². The summed E-state index contributed by atoms with van der Waals surface area (Å²) in [5, 5.41) is 4.08. The quantitative estimate of drug-likeness (QED) is 0.878. The maximum Gasteiger partial charge on any atom is 0.177 e. The summed E-state index contributed by atoms with van der Waals surface area (Å²) in [4.78, 5) is 0. The van der Waals surface area contributed by atoms with Crippen molar-refractivity contribution in [2.75, 3.05) is 13.2 Å². The van der Waals surface area contributed by atoms with E-state index in [2.05, 4.69) is 11.4 Å². The lowest BCUT2D eigenvalue weighted by atomic mass is 10.0. The van der Waals surface area contributed by atoms with Crippen molar-refractivity contribution in [2.24, 2.45) is 0 Å². The fourth-order valence-corrected chi connectivity index (χ4v) is 3.22. The number of rotatable bonds is 4. The molecule has 0 aliphatic carbocycles. The summed E-state index contributed by atoms with van der Waals surface area (Å²) < 4.78 is 25.1. The van der Waals surface area contributed by atoms with E-state index in [1.54, 1.807) is 12.1 Å². The highest BCUT2D eigenvalue weighted by Gasteiger charge is 2.29. The number of aryl methyl sites for hydroxylation is 1. The Morgan fingerprint density at radius 3 is 2.71 bits per heavy atom. The van der Waals surface area contributed by atoms with Gasteiger partial charge in [-0.25, -0.2) is 4.39 Å². The molecule has 1 aliphatic heterocycles. The topological polar surface area (TPSA) is 30.5 Å². The largest absolute Gasteiger partial charge is 0.349 e. The molecule has 2 aromatic carbocycles. The summed E-state index contributed by atoms with van der Waals surface area (Å²) in [5.41, 5.74) is 3.04. The zero-order valence-corrected chi connectivity index (χ0v) is 14.5. The maximum atomic E-state index is 13.2. The van der Waals surface area contributed by atoms with Gasteiger partial charge in [0.1, 0.15) is 5.82 Å². The van der Waals surface area contributed by atoms with Crippen LogP contribution in [0.4, 0.5) is 4.39 Å². The van der Waals surface area contributed by atoms with E-state index >= 15 is 0 Å². The van der Waals surface area contributed by atoms with Crippen LogP contribution in [-0.2, 0) is 9.47 Å². The second-order valence-electron chi connectivity index (χ2n) is 6.06. The first kappa shape index (κ1) is 17.4. The Bertz CT molecular complexity index is 672. The van der Waals surface area contributed by atoms with Crippen LogP contribution in [0.1, 0.15) is 35.8 Å². The standard InChI is InChI=1S/C19H21ClFNO2/c1-12-9-15(11-16(20)10-12)13(2)24-19-18(22-7-8-23-19)14-3-5-17(21)6-4-14/h3-6,9-11,13,18-19,22H,7-8H2,1-2H3/t13-,18+,19-/m1/s1. The van der Waals surface area contributed by atoms with Crippen molar-refractivity contribution in [3.63, 3.8) is 0 Å². The molecule has 3 atom stereocenters. The molecule has 0 aromatic heterocycles. The first-order chi connectivity index (χ1) is 11.5. The molecule has 3 nitrogen and oxygen atoms in total. The Kier molecular flexibility index (Phi) is 5.51. The van der Waals surface area contributed by atoms with E-state index in [1.807, 2.05) is 26.0 Å². The molecule has 1 aliphatic rings. The lowest BCUT2D eigenvalue weighted by Crippen LogP contribution is -2.43. The average Bonchev–Trinajstić information content (AvgIpc) is 2.55. The third-order valence-corrected chi connectivity index (χ3v) is 4.34. The molecule has 1 heterocycles. The zero-order chi connectivity index (χ0) is 17.1. The van der Waals surface area contributed by atoms with Crippen molar-refractivity contribution in [2.45, 2.75) is 32.3 Å². The van der Waals surface area contributed by atoms with Crippen molar-refractivity contribution in [1.82, 2.24) is 5.32 Å². The van der Waals surface area contributed by atoms with E-state index in [0.717, 1.165) is 23.2 Å². The first-order valence-corrected chi connectivity index (χ1v) is 8.44. The summed E-state index contributed by atoms with van der Waals surface area (Å²) in [6.45, 7) is 5.28. The third-order valence-electron chi connectivity index (χ3n) is 4.12. The van der Waals surface area contributed by atoms with Crippen LogP contribution in [-0.4, -0.2) is 19.4 Å². The van der Waals surface area contributed by atoms with E-state index in [0.29, 0.717) is 11.6 Å². The molecule has 24 heavy (non-hydrogen) atoms. The number of hydrogen-bond acceptors (Lipinski definition) is 3. The van der Waals surface area contributed by atoms with Gasteiger partial charge in [-0.15, -0.1) is 0 Å². The molecule has 3 rings (SSSR count). The summed E-state index contributed by atoms with van der Waals surface area (Å²) in [6, 6.07) is 12.2. The van der Waals surface area contributed by atoms with Crippen molar-refractivity contribution in [1.29, 1.82) is 0 Å². The Balaban J connectivity index is 1.76. The molecule has 1 N–H and O–H groups in total. The van der Waals surface area contributed by atoms with Crippen molar-refractivity contribution in [3.8, 4) is 0 Å². The molecule has 0 saturated carbocycles. The molecule has 1 fully saturated rings. The number of ether oxygens (including phenoxy) is 2. The SMILES string of the molecule is Cc1cc(Cl)cc([C@@H](C)O[C@H]2OCCN[C@H]2c2ccc(F)cc2)c1. The predicted molar refractivity (Wildman–Crippen MR) is 92.6 cm³/mol. The van der Waals surface area contributed by atoms with E-state index in [1.165, 1.54) is 12.1 Å². The van der Waals surface area contributed by atoms with Gasteiger partial charge in [0, 0.05) is 11.6 Å². The smallest absolute Gasteiger partial charge is 0.177 e. The number of halogens is 2. The number of nitrogens with one attached hydrogen (secondary N) is 1. The molecule has 5 heteroatoms. The molecule has 0 spiro atoms. The summed E-state index contributed by atoms with van der Waals surface area (Å²) >= 11 is 6.14. The molecular weight excluding hydrogens is 329 g/mol. The van der Waals surface area contributed by atoms with Gasteiger partial charge in [-0.05, 0) is 54.8 Å². The first-order valence-electron chi connectivity index (χ1n) is 8.06. The minimum absolute atomic E-state index is 0.137. The van der Waals surface area contributed by atoms with Crippen molar-refractivity contribution < 1.29 is 13.9 Å². The minimum atomic E-state index is -0.446. The Labute approximate surface area is 146 Å². The van der Waals surface area contributed by atoms with Crippen molar-refractivity contribution in [3.05, 3.63) is 70.0 Å². The van der Waals surface area contributed by atoms with Crippen LogP contribution in [0.15, 0.2) is 42.5 Å². The predicted octanol–water partition coefficient (Wildman–Crippen LogP) is 4.55.